The second-order valence-corrected chi connectivity index (χ2v) is 4.85. The van der Waals surface area contributed by atoms with E-state index in [4.69, 9.17) is 22.7 Å². The monoisotopic (exact) mass is 250 g/mol. The molecule has 0 bridgehead atoms. The first-order valence-corrected chi connectivity index (χ1v) is 6.33. The van der Waals surface area contributed by atoms with E-state index in [0.717, 1.165) is 36.4 Å². The van der Waals surface area contributed by atoms with Crippen LogP contribution in [0.2, 0.25) is 0 Å². The fraction of sp³-hybridized carbons (Fsp3) is 0.462. The summed E-state index contributed by atoms with van der Waals surface area (Å²) in [6.45, 7) is 3.82. The van der Waals surface area contributed by atoms with Crippen molar-refractivity contribution < 1.29 is 4.74 Å². The molecule has 2 rings (SSSR count). The molecule has 0 aliphatic carbocycles. The predicted octanol–water partition coefficient (Wildman–Crippen LogP) is 2.22. The zero-order chi connectivity index (χ0) is 12.3. The zero-order valence-electron chi connectivity index (χ0n) is 10.0. The van der Waals surface area contributed by atoms with Crippen LogP contribution in [0.4, 0.5) is 5.69 Å². The summed E-state index contributed by atoms with van der Waals surface area (Å²) in [5.74, 6) is 0. The molecule has 1 fully saturated rings. The normalized spacial score (nSPS) is 19.2. The van der Waals surface area contributed by atoms with Crippen LogP contribution in [0.1, 0.15) is 24.0 Å². The number of aryl methyl sites for hydroxylation is 1. The lowest BCUT2D eigenvalue weighted by Crippen LogP contribution is -2.19. The maximum atomic E-state index is 5.60. The maximum absolute atomic E-state index is 5.60. The Kier molecular flexibility index (Phi) is 3.97. The van der Waals surface area contributed by atoms with Crippen molar-refractivity contribution in [2.75, 3.05) is 18.5 Å². The SMILES string of the molecule is Cc1cc(C(N)=S)ccc1NCC1CCCO1. The molecule has 1 saturated heterocycles. The van der Waals surface area contributed by atoms with E-state index in [1.54, 1.807) is 0 Å². The summed E-state index contributed by atoms with van der Waals surface area (Å²) in [4.78, 5) is 0.443. The van der Waals surface area contributed by atoms with Crippen LogP contribution < -0.4 is 11.1 Å². The minimum atomic E-state index is 0.352. The molecule has 0 saturated carbocycles. The molecule has 1 aromatic carbocycles. The Labute approximate surface area is 107 Å². The summed E-state index contributed by atoms with van der Waals surface area (Å²) in [5.41, 5.74) is 8.80. The summed E-state index contributed by atoms with van der Waals surface area (Å²) in [7, 11) is 0. The zero-order valence-corrected chi connectivity index (χ0v) is 10.8. The molecule has 3 N–H and O–H groups in total. The molecule has 17 heavy (non-hydrogen) atoms. The van der Waals surface area contributed by atoms with Gasteiger partial charge in [-0.3, -0.25) is 0 Å². The number of anilines is 1. The summed E-state index contributed by atoms with van der Waals surface area (Å²) in [6.07, 6.45) is 2.67. The van der Waals surface area contributed by atoms with E-state index in [1.807, 2.05) is 18.2 Å². The largest absolute Gasteiger partial charge is 0.389 e. The molecule has 1 aliphatic rings. The molecule has 1 atom stereocenters. The van der Waals surface area contributed by atoms with Crippen molar-refractivity contribution in [1.82, 2.24) is 0 Å². The molecule has 1 aromatic rings. The van der Waals surface area contributed by atoms with Crippen molar-refractivity contribution >= 4 is 22.9 Å². The lowest BCUT2D eigenvalue weighted by Gasteiger charge is -2.14. The Hall–Kier alpha value is -1.13. The van der Waals surface area contributed by atoms with Gasteiger partial charge in [-0.2, -0.15) is 0 Å². The Morgan fingerprint density at radius 2 is 2.41 bits per heavy atom. The van der Waals surface area contributed by atoms with E-state index in [1.165, 1.54) is 6.42 Å². The van der Waals surface area contributed by atoms with Gasteiger partial charge in [0.05, 0.1) is 6.10 Å². The van der Waals surface area contributed by atoms with Crippen molar-refractivity contribution in [3.63, 3.8) is 0 Å². The van der Waals surface area contributed by atoms with Gasteiger partial charge < -0.3 is 15.8 Å². The van der Waals surface area contributed by atoms with Crippen molar-refractivity contribution in [3.05, 3.63) is 29.3 Å². The van der Waals surface area contributed by atoms with Crippen LogP contribution in [0.25, 0.3) is 0 Å². The van der Waals surface area contributed by atoms with E-state index in [-0.39, 0.29) is 0 Å². The number of ether oxygens (including phenoxy) is 1. The van der Waals surface area contributed by atoms with Crippen LogP contribution in [0.3, 0.4) is 0 Å². The van der Waals surface area contributed by atoms with E-state index in [9.17, 15) is 0 Å². The van der Waals surface area contributed by atoms with Crippen LogP contribution in [-0.4, -0.2) is 24.2 Å². The van der Waals surface area contributed by atoms with E-state index >= 15 is 0 Å². The summed E-state index contributed by atoms with van der Waals surface area (Å²) in [5, 5.41) is 3.41. The summed E-state index contributed by atoms with van der Waals surface area (Å²) >= 11 is 4.95. The second kappa shape index (κ2) is 5.47. The molecule has 1 unspecified atom stereocenters. The highest BCUT2D eigenvalue weighted by atomic mass is 32.1. The topological polar surface area (TPSA) is 47.3 Å². The Morgan fingerprint density at radius 1 is 1.59 bits per heavy atom. The smallest absolute Gasteiger partial charge is 0.103 e. The number of nitrogens with one attached hydrogen (secondary N) is 1. The minimum absolute atomic E-state index is 0.352. The molecule has 3 nitrogen and oxygen atoms in total. The van der Waals surface area contributed by atoms with Gasteiger partial charge in [-0.05, 0) is 43.5 Å². The van der Waals surface area contributed by atoms with Gasteiger partial charge >= 0.3 is 0 Å². The molecule has 0 radical (unpaired) electrons. The molecule has 1 aliphatic heterocycles. The third-order valence-corrected chi connectivity index (χ3v) is 3.29. The highest BCUT2D eigenvalue weighted by molar-refractivity contribution is 7.80. The second-order valence-electron chi connectivity index (χ2n) is 4.41. The molecular weight excluding hydrogens is 232 g/mol. The molecule has 92 valence electrons. The number of rotatable bonds is 4. The average Bonchev–Trinajstić information content (AvgIpc) is 2.80. The molecule has 0 aromatic heterocycles. The number of benzene rings is 1. The van der Waals surface area contributed by atoms with Gasteiger partial charge in [-0.25, -0.2) is 0 Å². The highest BCUT2D eigenvalue weighted by Gasteiger charge is 2.15. The van der Waals surface area contributed by atoms with Gasteiger partial charge in [0.1, 0.15) is 4.99 Å². The van der Waals surface area contributed by atoms with E-state index < -0.39 is 0 Å². The van der Waals surface area contributed by atoms with Gasteiger partial charge in [0.15, 0.2) is 0 Å². The van der Waals surface area contributed by atoms with Crippen LogP contribution in [0.5, 0.6) is 0 Å². The van der Waals surface area contributed by atoms with Crippen molar-refractivity contribution in [2.24, 2.45) is 5.73 Å². The lowest BCUT2D eigenvalue weighted by atomic mass is 10.1. The van der Waals surface area contributed by atoms with Gasteiger partial charge in [-0.15, -0.1) is 0 Å². The number of nitrogens with two attached hydrogens (primary N) is 1. The first-order chi connectivity index (χ1) is 8.16. The maximum Gasteiger partial charge on any atom is 0.103 e. The molecule has 0 spiro atoms. The third-order valence-electron chi connectivity index (χ3n) is 3.06. The Bertz CT molecular complexity index is 414. The van der Waals surface area contributed by atoms with Crippen LogP contribution >= 0.6 is 12.2 Å². The quantitative estimate of drug-likeness (QED) is 0.804. The predicted molar refractivity (Wildman–Crippen MR) is 74.5 cm³/mol. The Morgan fingerprint density at radius 3 is 3.00 bits per heavy atom. The fourth-order valence-corrected chi connectivity index (χ4v) is 2.17. The molecule has 0 amide bonds. The minimum Gasteiger partial charge on any atom is -0.389 e. The van der Waals surface area contributed by atoms with Crippen molar-refractivity contribution in [2.45, 2.75) is 25.9 Å². The molecule has 1 heterocycles. The van der Waals surface area contributed by atoms with Gasteiger partial charge in [-0.1, -0.05) is 12.2 Å². The van der Waals surface area contributed by atoms with Crippen LogP contribution in [0.15, 0.2) is 18.2 Å². The van der Waals surface area contributed by atoms with Crippen LogP contribution in [0, 0.1) is 6.92 Å². The average molecular weight is 250 g/mol. The first kappa shape index (κ1) is 12.3. The highest BCUT2D eigenvalue weighted by Crippen LogP contribution is 2.18. The Balaban J connectivity index is 1.98. The number of thiocarbonyl (C=S) groups is 1. The summed E-state index contributed by atoms with van der Waals surface area (Å²) in [6, 6.07) is 5.99. The van der Waals surface area contributed by atoms with Gasteiger partial charge in [0.25, 0.3) is 0 Å². The van der Waals surface area contributed by atoms with Gasteiger partial charge in [0.2, 0.25) is 0 Å². The molecule has 4 heteroatoms. The number of hydrogen-bond donors (Lipinski definition) is 2. The molecular formula is C13H18N2OS. The van der Waals surface area contributed by atoms with Crippen molar-refractivity contribution in [1.29, 1.82) is 0 Å². The van der Waals surface area contributed by atoms with Crippen LogP contribution in [-0.2, 0) is 4.74 Å². The van der Waals surface area contributed by atoms with E-state index in [0.29, 0.717) is 11.1 Å². The first-order valence-electron chi connectivity index (χ1n) is 5.93. The standard InChI is InChI=1S/C13H18N2OS/c1-9-7-10(13(14)17)4-5-12(9)15-8-11-3-2-6-16-11/h4-5,7,11,15H,2-3,6,8H2,1H3,(H2,14,17). The fourth-order valence-electron chi connectivity index (χ4n) is 2.04. The lowest BCUT2D eigenvalue weighted by molar-refractivity contribution is 0.120. The number of hydrogen-bond acceptors (Lipinski definition) is 3. The summed E-state index contributed by atoms with van der Waals surface area (Å²) < 4.78 is 5.57. The van der Waals surface area contributed by atoms with E-state index in [2.05, 4.69) is 12.2 Å². The van der Waals surface area contributed by atoms with Gasteiger partial charge in [0, 0.05) is 24.4 Å². The third kappa shape index (κ3) is 3.17. The van der Waals surface area contributed by atoms with Crippen molar-refractivity contribution in [3.8, 4) is 0 Å².